The van der Waals surface area contributed by atoms with Crippen molar-refractivity contribution in [2.75, 3.05) is 6.54 Å². The molecule has 0 fully saturated rings. The summed E-state index contributed by atoms with van der Waals surface area (Å²) in [5.74, 6) is 0.387. The second-order valence-electron chi connectivity index (χ2n) is 7.76. The highest BCUT2D eigenvalue weighted by molar-refractivity contribution is 5.97. The maximum atomic E-state index is 12.7. The van der Waals surface area contributed by atoms with Crippen LogP contribution in [0.4, 0.5) is 5.69 Å². The molecule has 33 heavy (non-hydrogen) atoms. The predicted molar refractivity (Wildman–Crippen MR) is 124 cm³/mol. The minimum absolute atomic E-state index is 0.0416. The van der Waals surface area contributed by atoms with Crippen molar-refractivity contribution in [3.63, 3.8) is 0 Å². The number of nitro benzene ring substituents is 1. The van der Waals surface area contributed by atoms with Gasteiger partial charge in [-0.1, -0.05) is 30.3 Å². The van der Waals surface area contributed by atoms with E-state index in [4.69, 9.17) is 4.42 Å². The highest BCUT2D eigenvalue weighted by Crippen LogP contribution is 2.24. The van der Waals surface area contributed by atoms with Crippen molar-refractivity contribution >= 4 is 33.6 Å². The molecule has 0 atom stereocenters. The molecule has 0 spiro atoms. The Morgan fingerprint density at radius 1 is 1.09 bits per heavy atom. The van der Waals surface area contributed by atoms with Crippen LogP contribution >= 0.6 is 0 Å². The van der Waals surface area contributed by atoms with Gasteiger partial charge in [-0.05, 0) is 41.8 Å². The summed E-state index contributed by atoms with van der Waals surface area (Å²) in [6.45, 7) is 0.393. The molecular weight excluding hydrogens is 420 g/mol. The molecule has 0 aliphatic carbocycles. The number of non-ortho nitro benzene ring substituents is 1. The molecule has 0 saturated carbocycles. The van der Waals surface area contributed by atoms with Crippen molar-refractivity contribution in [3.8, 4) is 0 Å². The number of nitrogens with zero attached hydrogens (tertiary/aromatic N) is 2. The molecule has 2 heterocycles. The second kappa shape index (κ2) is 8.58. The first-order valence-corrected chi connectivity index (χ1v) is 10.5. The van der Waals surface area contributed by atoms with Crippen LogP contribution < -0.4 is 5.32 Å². The topological polar surface area (TPSA) is 114 Å². The predicted octanol–water partition coefficient (Wildman–Crippen LogP) is 4.78. The van der Waals surface area contributed by atoms with Crippen molar-refractivity contribution in [1.82, 2.24) is 15.3 Å². The molecule has 0 aliphatic heterocycles. The van der Waals surface area contributed by atoms with Gasteiger partial charge in [-0.25, -0.2) is 4.98 Å². The standard InChI is InChI=1S/C25H20N4O4/c30-25(26-11-10-18-15-27-21-8-7-19(29(31)32)14-20(18)21)17-6-9-23-22(13-17)28-24(33-23)12-16-4-2-1-3-5-16/h1-9,13-15,27H,10-12H2,(H,26,30). The molecule has 0 saturated heterocycles. The zero-order chi connectivity index (χ0) is 22.8. The van der Waals surface area contributed by atoms with E-state index in [1.165, 1.54) is 6.07 Å². The Hall–Kier alpha value is -4.46. The van der Waals surface area contributed by atoms with Crippen LogP contribution in [0.25, 0.3) is 22.0 Å². The third-order valence-electron chi connectivity index (χ3n) is 5.53. The molecule has 0 aliphatic rings. The summed E-state index contributed by atoms with van der Waals surface area (Å²) >= 11 is 0. The molecule has 0 radical (unpaired) electrons. The maximum Gasteiger partial charge on any atom is 0.270 e. The molecule has 1 amide bonds. The fourth-order valence-electron chi connectivity index (χ4n) is 3.86. The van der Waals surface area contributed by atoms with Crippen molar-refractivity contribution < 1.29 is 14.1 Å². The monoisotopic (exact) mass is 440 g/mol. The van der Waals surface area contributed by atoms with Crippen LogP contribution in [0.15, 0.2) is 77.3 Å². The zero-order valence-corrected chi connectivity index (χ0v) is 17.6. The van der Waals surface area contributed by atoms with Crippen molar-refractivity contribution in [2.24, 2.45) is 0 Å². The van der Waals surface area contributed by atoms with E-state index in [9.17, 15) is 14.9 Å². The Labute approximate surface area is 188 Å². The molecule has 8 nitrogen and oxygen atoms in total. The summed E-state index contributed by atoms with van der Waals surface area (Å²) in [5, 5.41) is 14.7. The second-order valence-corrected chi connectivity index (χ2v) is 7.76. The third-order valence-corrected chi connectivity index (χ3v) is 5.53. The van der Waals surface area contributed by atoms with E-state index in [1.54, 1.807) is 30.3 Å². The Bertz CT molecular complexity index is 1470. The first kappa shape index (κ1) is 20.4. The van der Waals surface area contributed by atoms with Gasteiger partial charge in [-0.15, -0.1) is 0 Å². The molecule has 8 heteroatoms. The van der Waals surface area contributed by atoms with E-state index < -0.39 is 4.92 Å². The third kappa shape index (κ3) is 4.31. The number of amides is 1. The Morgan fingerprint density at radius 2 is 1.94 bits per heavy atom. The summed E-state index contributed by atoms with van der Waals surface area (Å²) < 4.78 is 5.81. The van der Waals surface area contributed by atoms with Gasteiger partial charge in [0.15, 0.2) is 11.5 Å². The number of aromatic amines is 1. The smallest absolute Gasteiger partial charge is 0.270 e. The first-order chi connectivity index (χ1) is 16.1. The maximum absolute atomic E-state index is 12.7. The van der Waals surface area contributed by atoms with Crippen molar-refractivity contribution in [3.05, 3.63) is 106 Å². The van der Waals surface area contributed by atoms with Gasteiger partial charge >= 0.3 is 0 Å². The Balaban J connectivity index is 1.25. The highest BCUT2D eigenvalue weighted by atomic mass is 16.6. The van der Waals surface area contributed by atoms with Crippen molar-refractivity contribution in [2.45, 2.75) is 12.8 Å². The van der Waals surface area contributed by atoms with Crippen LogP contribution in [0, 0.1) is 10.1 Å². The largest absolute Gasteiger partial charge is 0.440 e. The number of hydrogen-bond acceptors (Lipinski definition) is 5. The van der Waals surface area contributed by atoms with Gasteiger partial charge in [0, 0.05) is 47.8 Å². The number of H-pyrrole nitrogens is 1. The molecule has 2 aromatic heterocycles. The highest BCUT2D eigenvalue weighted by Gasteiger charge is 2.13. The summed E-state index contributed by atoms with van der Waals surface area (Å²) in [4.78, 5) is 30.9. The number of nitrogens with one attached hydrogen (secondary N) is 2. The lowest BCUT2D eigenvalue weighted by Crippen LogP contribution is -2.25. The fraction of sp³-hybridized carbons (Fsp3) is 0.120. The summed E-state index contributed by atoms with van der Waals surface area (Å²) in [6.07, 6.45) is 2.94. The van der Waals surface area contributed by atoms with Gasteiger partial charge in [-0.3, -0.25) is 14.9 Å². The number of aromatic nitrogens is 2. The van der Waals surface area contributed by atoms with Gasteiger partial charge < -0.3 is 14.7 Å². The molecule has 0 unspecified atom stereocenters. The Kier molecular flexibility index (Phi) is 5.32. The molecule has 2 N–H and O–H groups in total. The van der Waals surface area contributed by atoms with Crippen LogP contribution in [-0.2, 0) is 12.8 Å². The SMILES string of the molecule is O=C(NCCc1c[nH]c2ccc([N+](=O)[O-])cc12)c1ccc2oc(Cc3ccccc3)nc2c1. The fourth-order valence-corrected chi connectivity index (χ4v) is 3.86. The number of benzene rings is 3. The van der Waals surface area contributed by atoms with E-state index in [1.807, 2.05) is 36.5 Å². The average molecular weight is 440 g/mol. The zero-order valence-electron chi connectivity index (χ0n) is 17.6. The minimum atomic E-state index is -0.413. The normalized spacial score (nSPS) is 11.2. The van der Waals surface area contributed by atoms with Crippen LogP contribution in [0.1, 0.15) is 27.4 Å². The molecule has 3 aromatic carbocycles. The molecule has 0 bridgehead atoms. The number of rotatable bonds is 7. The molecule has 5 rings (SSSR count). The van der Waals surface area contributed by atoms with Gasteiger partial charge in [0.25, 0.3) is 11.6 Å². The number of hydrogen-bond donors (Lipinski definition) is 2. The number of oxazole rings is 1. The van der Waals surface area contributed by atoms with Gasteiger partial charge in [0.2, 0.25) is 0 Å². The van der Waals surface area contributed by atoms with E-state index in [0.717, 1.165) is 22.0 Å². The van der Waals surface area contributed by atoms with Crippen LogP contribution in [0.5, 0.6) is 0 Å². The van der Waals surface area contributed by atoms with E-state index >= 15 is 0 Å². The molecular formula is C25H20N4O4. The van der Waals surface area contributed by atoms with Crippen molar-refractivity contribution in [1.29, 1.82) is 0 Å². The summed E-state index contributed by atoms with van der Waals surface area (Å²) in [7, 11) is 0. The van der Waals surface area contributed by atoms with Gasteiger partial charge in [-0.2, -0.15) is 0 Å². The lowest BCUT2D eigenvalue weighted by atomic mass is 10.1. The van der Waals surface area contributed by atoms with Crippen LogP contribution in [0.3, 0.4) is 0 Å². The first-order valence-electron chi connectivity index (χ1n) is 10.5. The van der Waals surface area contributed by atoms with E-state index in [2.05, 4.69) is 15.3 Å². The van der Waals surface area contributed by atoms with E-state index in [0.29, 0.717) is 41.9 Å². The summed E-state index contributed by atoms with van der Waals surface area (Å²) in [5.41, 5.74) is 4.65. The lowest BCUT2D eigenvalue weighted by molar-refractivity contribution is -0.384. The molecule has 5 aromatic rings. The minimum Gasteiger partial charge on any atom is -0.440 e. The van der Waals surface area contributed by atoms with E-state index in [-0.39, 0.29) is 11.6 Å². The van der Waals surface area contributed by atoms with Crippen LogP contribution in [-0.4, -0.2) is 27.3 Å². The molecule has 164 valence electrons. The van der Waals surface area contributed by atoms with Gasteiger partial charge in [0.05, 0.1) is 4.92 Å². The van der Waals surface area contributed by atoms with Crippen LogP contribution in [0.2, 0.25) is 0 Å². The average Bonchev–Trinajstić information content (AvgIpc) is 3.42. The summed E-state index contributed by atoms with van der Waals surface area (Å²) in [6, 6.07) is 19.8. The Morgan fingerprint density at radius 3 is 2.76 bits per heavy atom. The lowest BCUT2D eigenvalue weighted by Gasteiger charge is -2.05. The number of fused-ring (bicyclic) bond motifs is 2. The number of carbonyl (C=O) groups is 1. The van der Waals surface area contributed by atoms with Gasteiger partial charge in [0.1, 0.15) is 5.52 Å². The number of nitro groups is 1. The quantitative estimate of drug-likeness (QED) is 0.279. The number of carbonyl (C=O) groups excluding carboxylic acids is 1.